The second-order valence-electron chi connectivity index (χ2n) is 7.70. The third-order valence-electron chi connectivity index (χ3n) is 4.44. The Kier molecular flexibility index (Phi) is 6.46. The molecule has 1 saturated carbocycles. The fourth-order valence-electron chi connectivity index (χ4n) is 3.26. The highest BCUT2D eigenvalue weighted by atomic mass is 16.6. The fourth-order valence-corrected chi connectivity index (χ4v) is 3.26. The van der Waals surface area contributed by atoms with E-state index in [1.54, 1.807) is 26.8 Å². The van der Waals surface area contributed by atoms with Crippen LogP contribution in [-0.4, -0.2) is 29.8 Å². The standard InChI is InChI=1S/C21H28O5/c1-21(2,3)26-18(22)11-10-15-12-16(20(24)25-4)13-17(19(15)23)14-8-6-5-7-9-14/h10-14,23H,5-9H2,1-4H3/b11-10+. The van der Waals surface area contributed by atoms with E-state index < -0.39 is 17.5 Å². The van der Waals surface area contributed by atoms with E-state index in [2.05, 4.69) is 0 Å². The molecule has 0 unspecified atom stereocenters. The Balaban J connectivity index is 2.37. The van der Waals surface area contributed by atoms with Crippen molar-refractivity contribution < 1.29 is 24.2 Å². The fraction of sp³-hybridized carbons (Fsp3) is 0.524. The van der Waals surface area contributed by atoms with Crippen LogP contribution < -0.4 is 0 Å². The highest BCUT2D eigenvalue weighted by molar-refractivity contribution is 5.92. The first kappa shape index (κ1) is 20.0. The topological polar surface area (TPSA) is 72.8 Å². The third-order valence-corrected chi connectivity index (χ3v) is 4.44. The van der Waals surface area contributed by atoms with Crippen LogP contribution in [0, 0.1) is 0 Å². The van der Waals surface area contributed by atoms with Crippen LogP contribution >= 0.6 is 0 Å². The van der Waals surface area contributed by atoms with E-state index in [1.807, 2.05) is 0 Å². The predicted octanol–water partition coefficient (Wildman–Crippen LogP) is 4.58. The molecule has 0 aromatic heterocycles. The average Bonchev–Trinajstić information content (AvgIpc) is 2.59. The molecule has 1 aromatic carbocycles. The van der Waals surface area contributed by atoms with Gasteiger partial charge >= 0.3 is 11.9 Å². The Morgan fingerprint density at radius 2 is 1.81 bits per heavy atom. The van der Waals surface area contributed by atoms with E-state index in [0.29, 0.717) is 11.1 Å². The van der Waals surface area contributed by atoms with Gasteiger partial charge in [0.1, 0.15) is 11.4 Å². The van der Waals surface area contributed by atoms with Crippen LogP contribution in [0.4, 0.5) is 0 Å². The van der Waals surface area contributed by atoms with Crippen molar-refractivity contribution in [1.29, 1.82) is 0 Å². The maximum absolute atomic E-state index is 12.0. The molecule has 26 heavy (non-hydrogen) atoms. The lowest BCUT2D eigenvalue weighted by atomic mass is 9.82. The molecule has 0 amide bonds. The summed E-state index contributed by atoms with van der Waals surface area (Å²) in [5, 5.41) is 10.7. The SMILES string of the molecule is COC(=O)c1cc(/C=C/C(=O)OC(C)(C)C)c(O)c(C2CCCCC2)c1. The van der Waals surface area contributed by atoms with Crippen LogP contribution in [0.2, 0.25) is 0 Å². The highest BCUT2D eigenvalue weighted by Gasteiger charge is 2.22. The Hall–Kier alpha value is -2.30. The Labute approximate surface area is 155 Å². The summed E-state index contributed by atoms with van der Waals surface area (Å²) in [7, 11) is 1.33. The normalized spacial score (nSPS) is 15.8. The lowest BCUT2D eigenvalue weighted by Gasteiger charge is -2.24. The number of phenols is 1. The number of rotatable bonds is 4. The zero-order valence-corrected chi connectivity index (χ0v) is 16.0. The van der Waals surface area contributed by atoms with E-state index in [0.717, 1.165) is 31.2 Å². The second-order valence-corrected chi connectivity index (χ2v) is 7.70. The van der Waals surface area contributed by atoms with Crippen LogP contribution in [0.3, 0.4) is 0 Å². The zero-order valence-electron chi connectivity index (χ0n) is 16.0. The minimum Gasteiger partial charge on any atom is -0.507 e. The van der Waals surface area contributed by atoms with Gasteiger partial charge in [-0.05, 0) is 63.3 Å². The number of ether oxygens (including phenoxy) is 2. The van der Waals surface area contributed by atoms with Gasteiger partial charge in [-0.3, -0.25) is 0 Å². The van der Waals surface area contributed by atoms with Crippen LogP contribution in [0.25, 0.3) is 6.08 Å². The van der Waals surface area contributed by atoms with Gasteiger partial charge in [0.25, 0.3) is 0 Å². The number of methoxy groups -OCH3 is 1. The van der Waals surface area contributed by atoms with Crippen molar-refractivity contribution in [3.63, 3.8) is 0 Å². The molecular formula is C21H28O5. The third kappa shape index (κ3) is 5.35. The predicted molar refractivity (Wildman–Crippen MR) is 100 cm³/mol. The largest absolute Gasteiger partial charge is 0.507 e. The molecule has 0 radical (unpaired) electrons. The molecule has 1 fully saturated rings. The Bertz CT molecular complexity index is 691. The molecule has 1 aromatic rings. The molecule has 1 aliphatic rings. The van der Waals surface area contributed by atoms with Crippen LogP contribution in [-0.2, 0) is 14.3 Å². The molecule has 0 spiro atoms. The maximum atomic E-state index is 12.0. The molecule has 5 nitrogen and oxygen atoms in total. The summed E-state index contributed by atoms with van der Waals surface area (Å²) >= 11 is 0. The molecule has 0 aliphatic heterocycles. The summed E-state index contributed by atoms with van der Waals surface area (Å²) in [5.74, 6) is -0.639. The smallest absolute Gasteiger partial charge is 0.337 e. The summed E-state index contributed by atoms with van der Waals surface area (Å²) in [4.78, 5) is 23.9. The van der Waals surface area contributed by atoms with Gasteiger partial charge in [-0.2, -0.15) is 0 Å². The molecule has 1 aliphatic carbocycles. The molecule has 2 rings (SSSR count). The molecular weight excluding hydrogens is 332 g/mol. The quantitative estimate of drug-likeness (QED) is 0.628. The van der Waals surface area contributed by atoms with Crippen molar-refractivity contribution in [2.75, 3.05) is 7.11 Å². The number of carbonyl (C=O) groups excluding carboxylic acids is 2. The maximum Gasteiger partial charge on any atom is 0.337 e. The van der Waals surface area contributed by atoms with Gasteiger partial charge in [-0.1, -0.05) is 19.3 Å². The van der Waals surface area contributed by atoms with E-state index in [1.165, 1.54) is 31.7 Å². The number of hydrogen-bond acceptors (Lipinski definition) is 5. The Morgan fingerprint density at radius 3 is 2.38 bits per heavy atom. The average molecular weight is 360 g/mol. The lowest BCUT2D eigenvalue weighted by molar-refractivity contribution is -0.148. The molecule has 142 valence electrons. The Morgan fingerprint density at radius 1 is 1.15 bits per heavy atom. The number of aromatic hydroxyl groups is 1. The highest BCUT2D eigenvalue weighted by Crippen LogP contribution is 2.39. The van der Waals surface area contributed by atoms with E-state index in [-0.39, 0.29) is 11.7 Å². The second kappa shape index (κ2) is 8.39. The first-order valence-electron chi connectivity index (χ1n) is 9.07. The van der Waals surface area contributed by atoms with Crippen molar-refractivity contribution in [3.05, 3.63) is 34.9 Å². The number of carbonyl (C=O) groups is 2. The summed E-state index contributed by atoms with van der Waals surface area (Å²) < 4.78 is 10.1. The van der Waals surface area contributed by atoms with Crippen LogP contribution in [0.15, 0.2) is 18.2 Å². The van der Waals surface area contributed by atoms with E-state index >= 15 is 0 Å². The van der Waals surface area contributed by atoms with Gasteiger partial charge in [-0.15, -0.1) is 0 Å². The first-order valence-corrected chi connectivity index (χ1v) is 9.07. The molecule has 0 heterocycles. The van der Waals surface area contributed by atoms with Gasteiger partial charge in [0.2, 0.25) is 0 Å². The number of hydrogen-bond donors (Lipinski definition) is 1. The summed E-state index contributed by atoms with van der Waals surface area (Å²) in [6.07, 6.45) is 8.12. The van der Waals surface area contributed by atoms with Crippen LogP contribution in [0.1, 0.15) is 80.3 Å². The molecule has 0 saturated heterocycles. The van der Waals surface area contributed by atoms with Crippen molar-refractivity contribution in [1.82, 2.24) is 0 Å². The van der Waals surface area contributed by atoms with E-state index in [4.69, 9.17) is 9.47 Å². The van der Waals surface area contributed by atoms with Crippen molar-refractivity contribution in [2.45, 2.75) is 64.4 Å². The van der Waals surface area contributed by atoms with Gasteiger partial charge in [-0.25, -0.2) is 9.59 Å². The minimum absolute atomic E-state index is 0.115. The van der Waals surface area contributed by atoms with Crippen LogP contribution in [0.5, 0.6) is 5.75 Å². The van der Waals surface area contributed by atoms with Crippen molar-refractivity contribution >= 4 is 18.0 Å². The number of esters is 2. The summed E-state index contributed by atoms with van der Waals surface area (Å²) in [5.41, 5.74) is 0.940. The number of benzene rings is 1. The molecule has 0 atom stereocenters. The van der Waals surface area contributed by atoms with Gasteiger partial charge in [0.15, 0.2) is 0 Å². The first-order chi connectivity index (χ1) is 12.2. The summed E-state index contributed by atoms with van der Waals surface area (Å²) in [6.45, 7) is 5.36. The molecule has 1 N–H and O–H groups in total. The van der Waals surface area contributed by atoms with E-state index in [9.17, 15) is 14.7 Å². The number of phenolic OH excluding ortho intramolecular Hbond substituents is 1. The van der Waals surface area contributed by atoms with Gasteiger partial charge < -0.3 is 14.6 Å². The van der Waals surface area contributed by atoms with Crippen molar-refractivity contribution in [3.8, 4) is 5.75 Å². The monoisotopic (exact) mass is 360 g/mol. The summed E-state index contributed by atoms with van der Waals surface area (Å²) in [6, 6.07) is 3.25. The van der Waals surface area contributed by atoms with Gasteiger partial charge in [0, 0.05) is 11.6 Å². The van der Waals surface area contributed by atoms with Crippen molar-refractivity contribution in [2.24, 2.45) is 0 Å². The van der Waals surface area contributed by atoms with Gasteiger partial charge in [0.05, 0.1) is 12.7 Å². The zero-order chi connectivity index (χ0) is 19.3. The lowest BCUT2D eigenvalue weighted by Crippen LogP contribution is -2.22. The minimum atomic E-state index is -0.593. The molecule has 5 heteroatoms. The molecule has 0 bridgehead atoms.